The Balaban J connectivity index is 1.26. The Labute approximate surface area is 198 Å². The minimum Gasteiger partial charge on any atom is -0.362 e. The van der Waals surface area contributed by atoms with Gasteiger partial charge in [0.2, 0.25) is 11.9 Å². The molecular formula is C25H30N6O3. The van der Waals surface area contributed by atoms with Crippen molar-refractivity contribution < 1.29 is 9.72 Å². The van der Waals surface area contributed by atoms with E-state index in [1.54, 1.807) is 12.1 Å². The maximum absolute atomic E-state index is 12.6. The van der Waals surface area contributed by atoms with Gasteiger partial charge in [0, 0.05) is 50.1 Å². The number of fused-ring (bicyclic) bond motifs is 1. The van der Waals surface area contributed by atoms with Crippen LogP contribution in [-0.2, 0) is 11.2 Å². The molecule has 1 aliphatic rings. The highest BCUT2D eigenvalue weighted by Gasteiger charge is 2.26. The second kappa shape index (κ2) is 10.5. The number of amides is 1. The lowest BCUT2D eigenvalue weighted by atomic mass is 9.85. The van der Waals surface area contributed by atoms with Crippen LogP contribution in [0.25, 0.3) is 10.9 Å². The topological polar surface area (TPSA) is 113 Å². The first kappa shape index (κ1) is 23.4. The maximum atomic E-state index is 12.6. The van der Waals surface area contributed by atoms with Crippen LogP contribution in [0, 0.1) is 16.0 Å². The highest BCUT2D eigenvalue weighted by molar-refractivity contribution is 5.90. The molecule has 0 saturated heterocycles. The quantitative estimate of drug-likeness (QED) is 0.385. The number of nitro groups is 1. The maximum Gasteiger partial charge on any atom is 0.269 e. The van der Waals surface area contributed by atoms with E-state index < -0.39 is 4.92 Å². The van der Waals surface area contributed by atoms with Gasteiger partial charge in [-0.2, -0.15) is 4.98 Å². The van der Waals surface area contributed by atoms with E-state index in [1.165, 1.54) is 12.1 Å². The number of nitrogens with one attached hydrogen (secondary N) is 2. The number of rotatable bonds is 8. The van der Waals surface area contributed by atoms with E-state index in [0.717, 1.165) is 48.0 Å². The van der Waals surface area contributed by atoms with Gasteiger partial charge in [-0.15, -0.1) is 0 Å². The van der Waals surface area contributed by atoms with Gasteiger partial charge in [0.05, 0.1) is 10.4 Å². The molecule has 1 fully saturated rings. The van der Waals surface area contributed by atoms with Crippen molar-refractivity contribution in [1.82, 2.24) is 15.3 Å². The molecule has 0 unspecified atom stereocenters. The van der Waals surface area contributed by atoms with Crippen molar-refractivity contribution in [2.75, 3.05) is 30.9 Å². The fourth-order valence-corrected chi connectivity index (χ4v) is 4.41. The van der Waals surface area contributed by atoms with Crippen LogP contribution < -0.4 is 15.5 Å². The third kappa shape index (κ3) is 5.59. The number of hydrogen-bond donors (Lipinski definition) is 2. The Morgan fingerprint density at radius 1 is 1.06 bits per heavy atom. The highest BCUT2D eigenvalue weighted by atomic mass is 16.6. The third-order valence-electron chi connectivity index (χ3n) is 6.30. The molecular weight excluding hydrogens is 432 g/mol. The summed E-state index contributed by atoms with van der Waals surface area (Å²) in [4.78, 5) is 34.3. The fraction of sp³-hybridized carbons (Fsp3) is 0.400. The number of anilines is 2. The van der Waals surface area contributed by atoms with Crippen molar-refractivity contribution in [3.63, 3.8) is 0 Å². The monoisotopic (exact) mass is 462 g/mol. The first-order chi connectivity index (χ1) is 16.4. The number of nitrogens with zero attached hydrogens (tertiary/aromatic N) is 4. The zero-order valence-electron chi connectivity index (χ0n) is 19.5. The summed E-state index contributed by atoms with van der Waals surface area (Å²) in [5.41, 5.74) is 1.95. The van der Waals surface area contributed by atoms with Crippen LogP contribution in [0.15, 0.2) is 48.5 Å². The Hall–Kier alpha value is -3.75. The van der Waals surface area contributed by atoms with Crippen molar-refractivity contribution in [2.45, 2.75) is 38.1 Å². The minimum atomic E-state index is -0.413. The second-order valence-corrected chi connectivity index (χ2v) is 8.94. The molecule has 1 amide bonds. The van der Waals surface area contributed by atoms with Gasteiger partial charge in [-0.05, 0) is 49.8 Å². The Bertz CT molecular complexity index is 1160. The molecule has 4 rings (SSSR count). The van der Waals surface area contributed by atoms with Crippen LogP contribution in [0.2, 0.25) is 0 Å². The fourth-order valence-electron chi connectivity index (χ4n) is 4.41. The Kier molecular flexibility index (Phi) is 7.20. The lowest BCUT2D eigenvalue weighted by molar-refractivity contribution is -0.384. The number of benzene rings is 2. The van der Waals surface area contributed by atoms with E-state index in [-0.39, 0.29) is 23.6 Å². The summed E-state index contributed by atoms with van der Waals surface area (Å²) < 4.78 is 0. The number of aromatic nitrogens is 2. The molecule has 0 spiro atoms. The SMILES string of the molecule is CN(C)c1nc(NC2CCC(C(=O)NCCc3ccc([N+](=O)[O-])cc3)CC2)nc2ccccc12. The minimum absolute atomic E-state index is 0.00442. The second-order valence-electron chi connectivity index (χ2n) is 8.94. The van der Waals surface area contributed by atoms with E-state index in [4.69, 9.17) is 4.98 Å². The molecule has 178 valence electrons. The molecule has 1 saturated carbocycles. The molecule has 0 aliphatic heterocycles. The largest absolute Gasteiger partial charge is 0.362 e. The predicted octanol–water partition coefficient (Wildman–Crippen LogP) is 3.93. The van der Waals surface area contributed by atoms with Gasteiger partial charge in [0.25, 0.3) is 5.69 Å². The molecule has 34 heavy (non-hydrogen) atoms. The van der Waals surface area contributed by atoms with Gasteiger partial charge in [-0.3, -0.25) is 14.9 Å². The van der Waals surface area contributed by atoms with E-state index >= 15 is 0 Å². The number of carbonyl (C=O) groups excluding carboxylic acids is 1. The highest BCUT2D eigenvalue weighted by Crippen LogP contribution is 2.28. The molecule has 1 heterocycles. The summed E-state index contributed by atoms with van der Waals surface area (Å²) in [7, 11) is 3.95. The van der Waals surface area contributed by atoms with Gasteiger partial charge in [0.1, 0.15) is 5.82 Å². The average molecular weight is 463 g/mol. The Morgan fingerprint density at radius 3 is 2.44 bits per heavy atom. The molecule has 9 nitrogen and oxygen atoms in total. The van der Waals surface area contributed by atoms with Gasteiger partial charge >= 0.3 is 0 Å². The summed E-state index contributed by atoms with van der Waals surface area (Å²) in [6.45, 7) is 0.521. The van der Waals surface area contributed by atoms with Gasteiger partial charge < -0.3 is 15.5 Å². The van der Waals surface area contributed by atoms with Crippen LogP contribution in [0.5, 0.6) is 0 Å². The molecule has 0 atom stereocenters. The van der Waals surface area contributed by atoms with Crippen LogP contribution in [0.3, 0.4) is 0 Å². The van der Waals surface area contributed by atoms with Crippen molar-refractivity contribution in [2.24, 2.45) is 5.92 Å². The number of hydrogen-bond acceptors (Lipinski definition) is 7. The number of non-ortho nitro benzene ring substituents is 1. The van der Waals surface area contributed by atoms with Gasteiger partial charge in [0.15, 0.2) is 0 Å². The summed E-state index contributed by atoms with van der Waals surface area (Å²) in [6, 6.07) is 14.7. The van der Waals surface area contributed by atoms with E-state index in [1.807, 2.05) is 43.3 Å². The zero-order chi connectivity index (χ0) is 24.1. The van der Waals surface area contributed by atoms with Gasteiger partial charge in [-0.25, -0.2) is 4.98 Å². The van der Waals surface area contributed by atoms with E-state index in [9.17, 15) is 14.9 Å². The third-order valence-corrected chi connectivity index (χ3v) is 6.30. The number of para-hydroxylation sites is 1. The van der Waals surface area contributed by atoms with Crippen LogP contribution in [0.4, 0.5) is 17.5 Å². The Morgan fingerprint density at radius 2 is 1.76 bits per heavy atom. The molecule has 1 aromatic heterocycles. The standard InChI is InChI=1S/C25H30N6O3/c1-30(2)23-21-5-3-4-6-22(21)28-25(29-23)27-19-11-9-18(10-12-19)24(32)26-16-15-17-7-13-20(14-8-17)31(33)34/h3-8,13-14,18-19H,9-12,15-16H2,1-2H3,(H,26,32)(H,27,28,29). The first-order valence-corrected chi connectivity index (χ1v) is 11.6. The van der Waals surface area contributed by atoms with E-state index in [0.29, 0.717) is 18.9 Å². The van der Waals surface area contributed by atoms with Crippen molar-refractivity contribution in [3.05, 3.63) is 64.2 Å². The molecule has 0 bridgehead atoms. The molecule has 0 radical (unpaired) electrons. The normalized spacial score (nSPS) is 17.8. The molecule has 9 heteroatoms. The lowest BCUT2D eigenvalue weighted by Gasteiger charge is -2.28. The summed E-state index contributed by atoms with van der Waals surface area (Å²) >= 11 is 0. The summed E-state index contributed by atoms with van der Waals surface area (Å²) in [5, 5.41) is 18.3. The zero-order valence-corrected chi connectivity index (χ0v) is 19.5. The van der Waals surface area contributed by atoms with Gasteiger partial charge in [-0.1, -0.05) is 24.3 Å². The molecule has 2 aromatic carbocycles. The predicted molar refractivity (Wildman–Crippen MR) is 133 cm³/mol. The van der Waals surface area contributed by atoms with Crippen LogP contribution >= 0.6 is 0 Å². The first-order valence-electron chi connectivity index (χ1n) is 11.6. The smallest absolute Gasteiger partial charge is 0.269 e. The molecule has 1 aliphatic carbocycles. The van der Waals surface area contributed by atoms with E-state index in [2.05, 4.69) is 15.6 Å². The van der Waals surface area contributed by atoms with Crippen molar-refractivity contribution in [3.8, 4) is 0 Å². The summed E-state index contributed by atoms with van der Waals surface area (Å²) in [5.74, 6) is 1.59. The molecule has 3 aromatic rings. The van der Waals surface area contributed by atoms with Crippen molar-refractivity contribution >= 4 is 34.3 Å². The van der Waals surface area contributed by atoms with Crippen LogP contribution in [0.1, 0.15) is 31.2 Å². The molecule has 2 N–H and O–H groups in total. The lowest BCUT2D eigenvalue weighted by Crippen LogP contribution is -2.37. The number of nitro benzene ring substituents is 1. The summed E-state index contributed by atoms with van der Waals surface area (Å²) in [6.07, 6.45) is 4.04. The van der Waals surface area contributed by atoms with Crippen LogP contribution in [-0.4, -0.2) is 47.5 Å². The number of carbonyl (C=O) groups is 1. The average Bonchev–Trinajstić information content (AvgIpc) is 2.84. The van der Waals surface area contributed by atoms with Crippen molar-refractivity contribution in [1.29, 1.82) is 0 Å².